The standard InChI is InChI=1S/C36H41ClN6O4S/c1-21(20-43(4)31-14-11-26(18-38-31)35(46)41-29-7-5-6-8-30(29)44)15-24-16-27(17-24)36(47)40-22(2)34(45)39-19-32-42-33(23(3)48-32)25-9-12-28(37)13-10-25/h5-14,18,21-22,24,27,44H,15-17,19-20H2,1-4H3,(H,39,45)(H,40,47)(H,41,46). The maximum Gasteiger partial charge on any atom is 0.257 e. The highest BCUT2D eigenvalue weighted by molar-refractivity contribution is 7.12. The number of amides is 3. The number of hydrogen-bond acceptors (Lipinski definition) is 8. The van der Waals surface area contributed by atoms with E-state index >= 15 is 0 Å². The first kappa shape index (κ1) is 34.8. The first-order valence-electron chi connectivity index (χ1n) is 16.0. The van der Waals surface area contributed by atoms with Crippen LogP contribution in [0.3, 0.4) is 0 Å². The maximum absolute atomic E-state index is 12.9. The van der Waals surface area contributed by atoms with Gasteiger partial charge in [0.15, 0.2) is 0 Å². The Hall–Kier alpha value is -4.48. The number of carbonyl (C=O) groups is 3. The highest BCUT2D eigenvalue weighted by Gasteiger charge is 2.36. The Balaban J connectivity index is 1.00. The van der Waals surface area contributed by atoms with Crippen molar-refractivity contribution in [2.24, 2.45) is 17.8 Å². The number of carbonyl (C=O) groups excluding carboxylic acids is 3. The van der Waals surface area contributed by atoms with Crippen LogP contribution in [0.15, 0.2) is 66.9 Å². The molecule has 0 saturated heterocycles. The van der Waals surface area contributed by atoms with Gasteiger partial charge in [0.05, 0.1) is 23.5 Å². The number of nitrogens with one attached hydrogen (secondary N) is 3. The monoisotopic (exact) mass is 688 g/mol. The topological polar surface area (TPSA) is 137 Å². The number of halogens is 1. The van der Waals surface area contributed by atoms with Crippen molar-refractivity contribution in [1.29, 1.82) is 0 Å². The van der Waals surface area contributed by atoms with E-state index in [0.717, 1.165) is 52.8 Å². The summed E-state index contributed by atoms with van der Waals surface area (Å²) in [5.74, 6) is 0.824. The molecule has 0 spiro atoms. The third-order valence-corrected chi connectivity index (χ3v) is 9.83. The van der Waals surface area contributed by atoms with E-state index in [1.807, 2.05) is 44.3 Å². The highest BCUT2D eigenvalue weighted by atomic mass is 35.5. The lowest BCUT2D eigenvalue weighted by atomic mass is 9.70. The largest absolute Gasteiger partial charge is 0.506 e. The molecule has 12 heteroatoms. The van der Waals surface area contributed by atoms with Crippen molar-refractivity contribution in [2.75, 3.05) is 23.8 Å². The predicted molar refractivity (Wildman–Crippen MR) is 190 cm³/mol. The van der Waals surface area contributed by atoms with E-state index in [1.165, 1.54) is 23.6 Å². The van der Waals surface area contributed by atoms with Crippen molar-refractivity contribution in [3.8, 4) is 17.0 Å². The number of phenols is 1. The Morgan fingerprint density at radius 3 is 2.48 bits per heavy atom. The minimum absolute atomic E-state index is 0.00316. The zero-order chi connectivity index (χ0) is 34.4. The highest BCUT2D eigenvalue weighted by Crippen LogP contribution is 2.38. The molecule has 2 unspecified atom stereocenters. The van der Waals surface area contributed by atoms with Gasteiger partial charge in [-0.2, -0.15) is 0 Å². The van der Waals surface area contributed by atoms with E-state index in [-0.39, 0.29) is 29.4 Å². The molecule has 48 heavy (non-hydrogen) atoms. The van der Waals surface area contributed by atoms with Crippen LogP contribution >= 0.6 is 22.9 Å². The molecule has 10 nitrogen and oxygen atoms in total. The number of pyridine rings is 1. The number of phenolic OH excluding ortho intramolecular Hbond substituents is 1. The molecule has 1 saturated carbocycles. The Labute approximate surface area is 290 Å². The molecule has 5 rings (SSSR count). The smallest absolute Gasteiger partial charge is 0.257 e. The Kier molecular flexibility index (Phi) is 11.3. The van der Waals surface area contributed by atoms with Crippen molar-refractivity contribution < 1.29 is 19.5 Å². The van der Waals surface area contributed by atoms with Gasteiger partial charge in [0.1, 0.15) is 22.6 Å². The molecule has 0 radical (unpaired) electrons. The summed E-state index contributed by atoms with van der Waals surface area (Å²) in [6.45, 7) is 6.97. The molecule has 1 aliphatic carbocycles. The fraction of sp³-hybridized carbons (Fsp3) is 0.361. The number of benzene rings is 2. The van der Waals surface area contributed by atoms with E-state index in [0.29, 0.717) is 34.7 Å². The van der Waals surface area contributed by atoms with Crippen LogP contribution in [0, 0.1) is 24.7 Å². The van der Waals surface area contributed by atoms with Crippen LogP contribution in [0.25, 0.3) is 11.3 Å². The van der Waals surface area contributed by atoms with Crippen LogP contribution in [0.1, 0.15) is 53.4 Å². The van der Waals surface area contributed by atoms with Crippen LogP contribution < -0.4 is 20.9 Å². The van der Waals surface area contributed by atoms with Gasteiger partial charge < -0.3 is 26.0 Å². The van der Waals surface area contributed by atoms with Crippen LogP contribution in [0.4, 0.5) is 11.5 Å². The second-order valence-electron chi connectivity index (χ2n) is 12.6. The molecule has 2 aromatic carbocycles. The van der Waals surface area contributed by atoms with E-state index in [2.05, 4.69) is 37.7 Å². The molecule has 1 fully saturated rings. The number of para-hydroxylation sites is 2. The van der Waals surface area contributed by atoms with E-state index < -0.39 is 6.04 Å². The second kappa shape index (κ2) is 15.6. The summed E-state index contributed by atoms with van der Waals surface area (Å²) in [4.78, 5) is 50.5. The molecule has 1 aliphatic rings. The van der Waals surface area contributed by atoms with E-state index in [1.54, 1.807) is 31.2 Å². The van der Waals surface area contributed by atoms with Gasteiger partial charge in [-0.15, -0.1) is 11.3 Å². The maximum atomic E-state index is 12.9. The average Bonchev–Trinajstić information content (AvgIpc) is 3.42. The Morgan fingerprint density at radius 2 is 1.79 bits per heavy atom. The van der Waals surface area contributed by atoms with Crippen LogP contribution in [-0.2, 0) is 16.1 Å². The number of aromatic hydroxyl groups is 1. The third-order valence-electron chi connectivity index (χ3n) is 8.61. The molecule has 2 atom stereocenters. The number of anilines is 2. The molecule has 252 valence electrons. The number of rotatable bonds is 13. The van der Waals surface area contributed by atoms with E-state index in [9.17, 15) is 19.5 Å². The number of nitrogens with zero attached hydrogens (tertiary/aromatic N) is 3. The van der Waals surface area contributed by atoms with Gasteiger partial charge >= 0.3 is 0 Å². The van der Waals surface area contributed by atoms with Gasteiger partial charge in [0, 0.05) is 41.2 Å². The zero-order valence-corrected chi connectivity index (χ0v) is 29.1. The zero-order valence-electron chi connectivity index (χ0n) is 27.5. The predicted octanol–water partition coefficient (Wildman–Crippen LogP) is 6.43. The van der Waals surface area contributed by atoms with Gasteiger partial charge in [-0.1, -0.05) is 42.8 Å². The first-order chi connectivity index (χ1) is 23.0. The molecule has 2 aromatic heterocycles. The molecule has 4 aromatic rings. The number of thiazole rings is 1. The molecule has 3 amide bonds. The number of aromatic nitrogens is 2. The average molecular weight is 689 g/mol. The quantitative estimate of drug-likeness (QED) is 0.119. The SMILES string of the molecule is Cc1sc(CNC(=O)C(C)NC(=O)C2CC(CC(C)CN(C)c3ccc(C(=O)Nc4ccccc4O)cn3)C2)nc1-c1ccc(Cl)cc1. The van der Waals surface area contributed by atoms with Gasteiger partial charge in [-0.25, -0.2) is 9.97 Å². The van der Waals surface area contributed by atoms with Crippen molar-refractivity contribution in [3.05, 3.63) is 87.3 Å². The van der Waals surface area contributed by atoms with Gasteiger partial charge in [0.25, 0.3) is 5.91 Å². The number of hydrogen-bond donors (Lipinski definition) is 4. The lowest BCUT2D eigenvalue weighted by molar-refractivity contribution is -0.133. The number of aryl methyl sites for hydroxylation is 1. The molecule has 0 aliphatic heterocycles. The summed E-state index contributed by atoms with van der Waals surface area (Å²) >= 11 is 7.54. The van der Waals surface area contributed by atoms with Crippen LogP contribution in [0.2, 0.25) is 5.02 Å². The third kappa shape index (κ3) is 8.90. The lowest BCUT2D eigenvalue weighted by Crippen LogP contribution is -2.48. The molecule has 2 heterocycles. The normalized spacial score (nSPS) is 16.7. The molecular weight excluding hydrogens is 648 g/mol. The van der Waals surface area contributed by atoms with Crippen molar-refractivity contribution in [2.45, 2.75) is 52.6 Å². The minimum Gasteiger partial charge on any atom is -0.506 e. The van der Waals surface area contributed by atoms with Gasteiger partial charge in [-0.05, 0) is 81.3 Å². The lowest BCUT2D eigenvalue weighted by Gasteiger charge is -2.37. The van der Waals surface area contributed by atoms with Crippen molar-refractivity contribution >= 4 is 52.2 Å². The minimum atomic E-state index is -0.642. The summed E-state index contributed by atoms with van der Waals surface area (Å²) in [5, 5.41) is 19.8. The van der Waals surface area contributed by atoms with Gasteiger partial charge in [0.2, 0.25) is 11.8 Å². The summed E-state index contributed by atoms with van der Waals surface area (Å²) in [6.07, 6.45) is 4.12. The summed E-state index contributed by atoms with van der Waals surface area (Å²) in [6, 6.07) is 17.0. The summed E-state index contributed by atoms with van der Waals surface area (Å²) < 4.78 is 0. The van der Waals surface area contributed by atoms with Crippen molar-refractivity contribution in [3.63, 3.8) is 0 Å². The summed E-state index contributed by atoms with van der Waals surface area (Å²) in [5.41, 5.74) is 2.59. The van der Waals surface area contributed by atoms with Gasteiger partial charge in [-0.3, -0.25) is 14.4 Å². The first-order valence-corrected chi connectivity index (χ1v) is 17.2. The molecular formula is C36H41ClN6O4S. The summed E-state index contributed by atoms with van der Waals surface area (Å²) in [7, 11) is 1.97. The van der Waals surface area contributed by atoms with E-state index in [4.69, 9.17) is 11.6 Å². The van der Waals surface area contributed by atoms with Crippen molar-refractivity contribution in [1.82, 2.24) is 20.6 Å². The fourth-order valence-electron chi connectivity index (χ4n) is 5.98. The fourth-order valence-corrected chi connectivity index (χ4v) is 7.00. The second-order valence-corrected chi connectivity index (χ2v) is 14.3. The molecule has 4 N–H and O–H groups in total. The Bertz CT molecular complexity index is 1740. The molecule has 0 bridgehead atoms. The van der Waals surface area contributed by atoms with Crippen LogP contribution in [0.5, 0.6) is 5.75 Å². The Morgan fingerprint density at radius 1 is 1.06 bits per heavy atom. The van der Waals surface area contributed by atoms with Crippen LogP contribution in [-0.4, -0.2) is 52.4 Å².